The number of hydrogen-bond acceptors (Lipinski definition) is 15. The van der Waals surface area contributed by atoms with Crippen molar-refractivity contribution in [2.75, 3.05) is 19.8 Å². The lowest BCUT2D eigenvalue weighted by atomic mass is 9.87. The van der Waals surface area contributed by atoms with E-state index < -0.39 is 88.5 Å². The molecule has 282 valence electrons. The van der Waals surface area contributed by atoms with Crippen molar-refractivity contribution in [3.8, 4) is 17.6 Å². The highest BCUT2D eigenvalue weighted by atomic mass is 32.2. The van der Waals surface area contributed by atoms with Crippen molar-refractivity contribution in [3.63, 3.8) is 0 Å². The van der Waals surface area contributed by atoms with Crippen LogP contribution in [0.4, 0.5) is 13.2 Å². The minimum absolute atomic E-state index is 0.0553. The molecule has 2 aromatic rings. The van der Waals surface area contributed by atoms with E-state index in [0.29, 0.717) is 24.2 Å². The Morgan fingerprint density at radius 3 is 2.06 bits per heavy atom. The van der Waals surface area contributed by atoms with E-state index in [2.05, 4.69) is 10.3 Å². The van der Waals surface area contributed by atoms with Gasteiger partial charge in [0.1, 0.15) is 36.4 Å². The number of nitrogens with zero attached hydrogens (tertiary/aromatic N) is 1. The van der Waals surface area contributed by atoms with Gasteiger partial charge < -0.3 is 37.3 Å². The number of rotatable bonds is 12. The molecule has 0 aromatic heterocycles. The maximum Gasteiger partial charge on any atom is 0.534 e. The molecule has 2 saturated heterocycles. The predicted molar refractivity (Wildman–Crippen MR) is 167 cm³/mol. The van der Waals surface area contributed by atoms with Gasteiger partial charge in [0.25, 0.3) is 0 Å². The molecule has 2 aliphatic heterocycles. The Kier molecular flexibility index (Phi) is 12.7. The largest absolute Gasteiger partial charge is 0.534 e. The summed E-state index contributed by atoms with van der Waals surface area (Å²) in [5.41, 5.74) is -4.69. The zero-order valence-electron chi connectivity index (χ0n) is 28.2. The highest BCUT2D eigenvalue weighted by molar-refractivity contribution is 7.88. The molecule has 0 saturated carbocycles. The minimum Gasteiger partial charge on any atom is -0.487 e. The van der Waals surface area contributed by atoms with Gasteiger partial charge in [-0.2, -0.15) is 26.9 Å². The van der Waals surface area contributed by atoms with Crippen molar-refractivity contribution in [2.24, 2.45) is 0 Å². The summed E-state index contributed by atoms with van der Waals surface area (Å²) in [7, 11) is -5.92. The maximum absolute atomic E-state index is 12.8. The molecule has 4 rings (SSSR count). The summed E-state index contributed by atoms with van der Waals surface area (Å²) in [5.74, 6) is -3.75. The molecule has 2 aliphatic rings. The molecule has 0 radical (unpaired) electrons. The van der Waals surface area contributed by atoms with Gasteiger partial charge in [0, 0.05) is 39.7 Å². The number of alkyl halides is 3. The first-order valence-electron chi connectivity index (χ1n) is 15.6. The van der Waals surface area contributed by atoms with E-state index in [0.717, 1.165) is 39.8 Å². The van der Waals surface area contributed by atoms with E-state index in [-0.39, 0.29) is 29.9 Å². The fraction of sp³-hybridized carbons (Fsp3) is 0.485. The van der Waals surface area contributed by atoms with Crippen molar-refractivity contribution in [3.05, 3.63) is 58.7 Å². The van der Waals surface area contributed by atoms with Crippen LogP contribution >= 0.6 is 0 Å². The highest BCUT2D eigenvalue weighted by Gasteiger charge is 2.53. The van der Waals surface area contributed by atoms with Gasteiger partial charge in [0.2, 0.25) is 0 Å². The summed E-state index contributed by atoms with van der Waals surface area (Å²) in [5, 5.41) is 10.1. The van der Waals surface area contributed by atoms with E-state index in [1.807, 2.05) is 0 Å². The fourth-order valence-corrected chi connectivity index (χ4v) is 6.00. The molecule has 0 N–H and O–H groups in total. The van der Waals surface area contributed by atoms with E-state index in [1.54, 1.807) is 0 Å². The van der Waals surface area contributed by atoms with Gasteiger partial charge in [-0.25, -0.2) is 0 Å². The van der Waals surface area contributed by atoms with Crippen LogP contribution < -0.4 is 8.92 Å². The van der Waals surface area contributed by atoms with E-state index in [9.17, 15) is 46.0 Å². The van der Waals surface area contributed by atoms with Gasteiger partial charge in [0.15, 0.2) is 18.3 Å². The van der Waals surface area contributed by atoms with Gasteiger partial charge in [-0.3, -0.25) is 19.2 Å². The number of nitriles is 1. The second-order valence-electron chi connectivity index (χ2n) is 11.7. The van der Waals surface area contributed by atoms with Gasteiger partial charge in [0.05, 0.1) is 24.8 Å². The third kappa shape index (κ3) is 10.1. The molecule has 0 bridgehead atoms. The first kappa shape index (κ1) is 39.8. The summed E-state index contributed by atoms with van der Waals surface area (Å²) >= 11 is 0. The Morgan fingerprint density at radius 2 is 1.52 bits per heavy atom. The number of halogens is 3. The van der Waals surface area contributed by atoms with E-state index >= 15 is 0 Å². The summed E-state index contributed by atoms with van der Waals surface area (Å²) in [6.45, 7) is 4.44. The average molecular weight is 758 g/mol. The first-order chi connectivity index (χ1) is 24.4. The summed E-state index contributed by atoms with van der Waals surface area (Å²) in [6, 6.07) is 9.53. The van der Waals surface area contributed by atoms with Crippen LogP contribution in [0.5, 0.6) is 11.5 Å². The lowest BCUT2D eigenvalue weighted by molar-refractivity contribution is -0.254. The van der Waals surface area contributed by atoms with Crippen LogP contribution in [0.2, 0.25) is 0 Å². The van der Waals surface area contributed by atoms with Gasteiger partial charge in [-0.05, 0) is 41.8 Å². The van der Waals surface area contributed by atoms with Crippen LogP contribution in [0.25, 0.3) is 0 Å². The van der Waals surface area contributed by atoms with Gasteiger partial charge in [-0.1, -0.05) is 12.1 Å². The van der Waals surface area contributed by atoms with Crippen LogP contribution in [-0.4, -0.2) is 88.1 Å². The smallest absolute Gasteiger partial charge is 0.487 e. The molecule has 0 unspecified atom stereocenters. The number of benzene rings is 2. The number of hydrogen-bond donors (Lipinski definition) is 0. The number of carbonyl (C=O) groups excluding carboxylic acids is 4. The molecule has 19 heteroatoms. The van der Waals surface area contributed by atoms with Crippen LogP contribution in [-0.2, 0) is 64.1 Å². The van der Waals surface area contributed by atoms with Gasteiger partial charge in [-0.15, -0.1) is 0 Å². The Balaban J connectivity index is 1.84. The Morgan fingerprint density at radius 1 is 0.904 bits per heavy atom. The van der Waals surface area contributed by atoms with E-state index in [1.165, 1.54) is 24.3 Å². The Bertz CT molecular complexity index is 1800. The Labute approximate surface area is 295 Å². The van der Waals surface area contributed by atoms with Crippen molar-refractivity contribution in [1.29, 1.82) is 5.26 Å². The lowest BCUT2D eigenvalue weighted by Gasteiger charge is -2.45. The third-order valence-electron chi connectivity index (χ3n) is 7.64. The quantitative estimate of drug-likeness (QED) is 0.132. The van der Waals surface area contributed by atoms with Gasteiger partial charge >= 0.3 is 39.5 Å². The van der Waals surface area contributed by atoms with Crippen LogP contribution in [0.1, 0.15) is 62.5 Å². The minimum atomic E-state index is -5.92. The van der Waals surface area contributed by atoms with Crippen LogP contribution in [0, 0.1) is 11.3 Å². The fourth-order valence-electron chi connectivity index (χ4n) is 5.54. The highest BCUT2D eigenvalue weighted by Crippen LogP contribution is 2.43. The number of ether oxygens (including phenoxy) is 7. The van der Waals surface area contributed by atoms with Crippen LogP contribution in [0.3, 0.4) is 0 Å². The molecule has 52 heavy (non-hydrogen) atoms. The lowest BCUT2D eigenvalue weighted by Crippen LogP contribution is -2.59. The second-order valence-corrected chi connectivity index (χ2v) is 13.2. The zero-order chi connectivity index (χ0) is 38.4. The summed E-state index contributed by atoms with van der Waals surface area (Å²) in [4.78, 5) is 48.9. The van der Waals surface area contributed by atoms with Crippen LogP contribution in [0.15, 0.2) is 36.4 Å². The predicted octanol–water partition coefficient (Wildman–Crippen LogP) is 3.34. The number of carbonyl (C=O) groups is 4. The summed E-state index contributed by atoms with van der Waals surface area (Å²) < 4.78 is 105. The van der Waals surface area contributed by atoms with E-state index in [4.69, 9.17) is 33.2 Å². The Hall–Kier alpha value is -4.93. The molecule has 6 atom stereocenters. The molecular weight excluding hydrogens is 723 g/mol. The normalized spacial score (nSPS) is 23.1. The SMILES string of the molecule is CC(=O)OC[C@H]1O[C@@H](c2cc(Cc3ccc(OS(=O)(=O)C(F)(F)F)cc3)c(C#N)cc2O[C@@H]2CCOC2)[C@H](OC(C)=O)[C@@H](OC(C)=O)[C@@H]1OC(C)=O. The third-order valence-corrected chi connectivity index (χ3v) is 8.62. The zero-order valence-corrected chi connectivity index (χ0v) is 29.0. The summed E-state index contributed by atoms with van der Waals surface area (Å²) in [6.07, 6.45) is -7.19. The number of esters is 4. The van der Waals surface area contributed by atoms with Crippen molar-refractivity contribution >= 4 is 34.0 Å². The van der Waals surface area contributed by atoms with Crippen molar-refractivity contribution in [1.82, 2.24) is 0 Å². The molecular formula is C33H34F3NO14S. The maximum atomic E-state index is 12.8. The standard InChI is InChI=1S/C33H34F3NO14S/c1-17(38)45-16-28-30(46-18(2)39)32(48-20(4)41)31(47-19(3)40)29(50-28)26-12-22(23(14-37)13-27(26)49-25-9-10-44-15-25)11-21-5-7-24(8-6-21)51-52(42,43)33(34,35)36/h5-8,12-13,25,28-32H,9-11,15-16H2,1-4H3/t25-,28-,29+,30-,31+,32+/m1/s1. The molecule has 0 spiro atoms. The molecule has 15 nitrogen and oxygen atoms in total. The van der Waals surface area contributed by atoms with Crippen molar-refractivity contribution < 1.29 is 78.1 Å². The molecule has 2 heterocycles. The molecule has 2 fully saturated rings. The second kappa shape index (κ2) is 16.6. The topological polar surface area (TPSA) is 200 Å². The molecule has 0 amide bonds. The average Bonchev–Trinajstić information content (AvgIpc) is 3.55. The monoisotopic (exact) mass is 757 g/mol. The molecule has 2 aromatic carbocycles. The van der Waals surface area contributed by atoms with Crippen molar-refractivity contribution in [2.45, 2.75) is 82.7 Å². The molecule has 0 aliphatic carbocycles. The first-order valence-corrected chi connectivity index (χ1v) is 17.0.